The number of nitrogens with zero attached hydrogens (tertiary/aromatic N) is 2. The highest BCUT2D eigenvalue weighted by Crippen LogP contribution is 2.23. The number of amides is 2. The van der Waals surface area contributed by atoms with Gasteiger partial charge in [0.05, 0.1) is 19.1 Å². The number of likely N-dealkylation sites (tertiary alicyclic amines) is 1. The molecule has 0 spiro atoms. The standard InChI is InChI=1S/C17H22N2O3/c20-16-13-15(12-14-4-2-1-3-5-14)17(21)19(16)7-6-18-8-10-22-11-9-18/h1-5,15H,6-13H2. The molecule has 5 heteroatoms. The molecule has 2 saturated heterocycles. The number of benzene rings is 1. The molecule has 22 heavy (non-hydrogen) atoms. The van der Waals surface area contributed by atoms with E-state index >= 15 is 0 Å². The van der Waals surface area contributed by atoms with E-state index in [4.69, 9.17) is 4.74 Å². The Balaban J connectivity index is 1.54. The van der Waals surface area contributed by atoms with Crippen LogP contribution in [0.2, 0.25) is 0 Å². The zero-order valence-corrected chi connectivity index (χ0v) is 12.7. The monoisotopic (exact) mass is 302 g/mol. The van der Waals surface area contributed by atoms with E-state index in [0.717, 1.165) is 38.4 Å². The molecule has 0 aliphatic carbocycles. The minimum atomic E-state index is -0.195. The van der Waals surface area contributed by atoms with Crippen LogP contribution >= 0.6 is 0 Å². The second kappa shape index (κ2) is 7.03. The second-order valence-corrected chi connectivity index (χ2v) is 5.93. The molecule has 3 rings (SSSR count). The predicted octanol–water partition coefficient (Wildman–Crippen LogP) is 0.936. The summed E-state index contributed by atoms with van der Waals surface area (Å²) in [6.45, 7) is 4.48. The molecule has 2 amide bonds. The van der Waals surface area contributed by atoms with Gasteiger partial charge in [0, 0.05) is 32.6 Å². The molecule has 1 unspecified atom stereocenters. The summed E-state index contributed by atoms with van der Waals surface area (Å²) in [5, 5.41) is 0. The van der Waals surface area contributed by atoms with E-state index in [9.17, 15) is 9.59 Å². The fourth-order valence-electron chi connectivity index (χ4n) is 3.11. The highest BCUT2D eigenvalue weighted by Gasteiger charge is 2.38. The van der Waals surface area contributed by atoms with Crippen LogP contribution in [0.5, 0.6) is 0 Å². The summed E-state index contributed by atoms with van der Waals surface area (Å²) in [5.41, 5.74) is 1.11. The summed E-state index contributed by atoms with van der Waals surface area (Å²) in [7, 11) is 0. The van der Waals surface area contributed by atoms with E-state index in [1.165, 1.54) is 4.90 Å². The molecule has 2 aliphatic rings. The Labute approximate surface area is 130 Å². The van der Waals surface area contributed by atoms with Crippen LogP contribution in [0.4, 0.5) is 0 Å². The van der Waals surface area contributed by atoms with Crippen LogP contribution in [0.25, 0.3) is 0 Å². The third-order valence-corrected chi connectivity index (χ3v) is 4.41. The summed E-state index contributed by atoms with van der Waals surface area (Å²) < 4.78 is 5.31. The fraction of sp³-hybridized carbons (Fsp3) is 0.529. The van der Waals surface area contributed by atoms with Crippen LogP contribution in [-0.2, 0) is 20.7 Å². The molecule has 5 nitrogen and oxygen atoms in total. The maximum Gasteiger partial charge on any atom is 0.233 e. The zero-order chi connectivity index (χ0) is 15.4. The lowest BCUT2D eigenvalue weighted by atomic mass is 9.98. The van der Waals surface area contributed by atoms with Gasteiger partial charge in [-0.3, -0.25) is 19.4 Å². The Hall–Kier alpha value is -1.72. The van der Waals surface area contributed by atoms with E-state index in [1.807, 2.05) is 30.3 Å². The normalized spacial score (nSPS) is 23.3. The number of ether oxygens (including phenoxy) is 1. The average Bonchev–Trinajstić information content (AvgIpc) is 2.81. The van der Waals surface area contributed by atoms with Crippen LogP contribution in [-0.4, -0.2) is 61.0 Å². The molecule has 2 fully saturated rings. The molecule has 0 radical (unpaired) electrons. The number of carbonyl (C=O) groups excluding carboxylic acids is 2. The molecule has 2 heterocycles. The van der Waals surface area contributed by atoms with Crippen molar-refractivity contribution in [1.29, 1.82) is 0 Å². The van der Waals surface area contributed by atoms with Crippen molar-refractivity contribution in [3.63, 3.8) is 0 Å². The molecule has 1 aromatic rings. The highest BCUT2D eigenvalue weighted by molar-refractivity contribution is 6.03. The third kappa shape index (κ3) is 3.54. The molecule has 1 atom stereocenters. The van der Waals surface area contributed by atoms with E-state index in [-0.39, 0.29) is 17.7 Å². The van der Waals surface area contributed by atoms with Crippen LogP contribution in [0.3, 0.4) is 0 Å². The average molecular weight is 302 g/mol. The van der Waals surface area contributed by atoms with E-state index < -0.39 is 0 Å². The maximum atomic E-state index is 12.5. The minimum Gasteiger partial charge on any atom is -0.379 e. The number of rotatable bonds is 5. The van der Waals surface area contributed by atoms with Crippen molar-refractivity contribution in [3.8, 4) is 0 Å². The molecule has 0 aromatic heterocycles. The van der Waals surface area contributed by atoms with Gasteiger partial charge in [-0.1, -0.05) is 30.3 Å². The largest absolute Gasteiger partial charge is 0.379 e. The van der Waals surface area contributed by atoms with Gasteiger partial charge in [0.1, 0.15) is 0 Å². The number of hydrogen-bond acceptors (Lipinski definition) is 4. The van der Waals surface area contributed by atoms with Crippen LogP contribution in [0.15, 0.2) is 30.3 Å². The fourth-order valence-corrected chi connectivity index (χ4v) is 3.11. The first-order chi connectivity index (χ1) is 10.7. The maximum absolute atomic E-state index is 12.5. The van der Waals surface area contributed by atoms with Crippen molar-refractivity contribution in [3.05, 3.63) is 35.9 Å². The topological polar surface area (TPSA) is 49.9 Å². The van der Waals surface area contributed by atoms with Crippen molar-refractivity contribution in [1.82, 2.24) is 9.80 Å². The molecule has 1 aromatic carbocycles. The molecular weight excluding hydrogens is 280 g/mol. The first kappa shape index (κ1) is 15.2. The lowest BCUT2D eigenvalue weighted by molar-refractivity contribution is -0.139. The summed E-state index contributed by atoms with van der Waals surface area (Å²) in [6.07, 6.45) is 0.996. The first-order valence-corrected chi connectivity index (χ1v) is 7.92. The number of morpholine rings is 1. The van der Waals surface area contributed by atoms with Gasteiger partial charge in [-0.05, 0) is 12.0 Å². The highest BCUT2D eigenvalue weighted by atomic mass is 16.5. The summed E-state index contributed by atoms with van der Waals surface area (Å²) >= 11 is 0. The third-order valence-electron chi connectivity index (χ3n) is 4.41. The van der Waals surface area contributed by atoms with E-state index in [2.05, 4.69) is 4.90 Å². The zero-order valence-electron chi connectivity index (χ0n) is 12.7. The van der Waals surface area contributed by atoms with Crippen molar-refractivity contribution in [2.45, 2.75) is 12.8 Å². The van der Waals surface area contributed by atoms with Crippen molar-refractivity contribution >= 4 is 11.8 Å². The van der Waals surface area contributed by atoms with Crippen molar-refractivity contribution in [2.75, 3.05) is 39.4 Å². The summed E-state index contributed by atoms with van der Waals surface area (Å²) in [6, 6.07) is 9.90. The minimum absolute atomic E-state index is 0.0119. The Morgan fingerprint density at radius 2 is 1.77 bits per heavy atom. The van der Waals surface area contributed by atoms with Crippen LogP contribution in [0, 0.1) is 5.92 Å². The predicted molar refractivity (Wildman–Crippen MR) is 82.2 cm³/mol. The molecule has 118 valence electrons. The summed E-state index contributed by atoms with van der Waals surface area (Å²) in [5.74, 6) is -0.235. The molecule has 0 saturated carbocycles. The van der Waals surface area contributed by atoms with Gasteiger partial charge in [-0.15, -0.1) is 0 Å². The van der Waals surface area contributed by atoms with Crippen LogP contribution in [0.1, 0.15) is 12.0 Å². The number of imide groups is 1. The molecular formula is C17H22N2O3. The lowest BCUT2D eigenvalue weighted by Gasteiger charge is -2.28. The van der Waals surface area contributed by atoms with Gasteiger partial charge in [0.25, 0.3) is 0 Å². The SMILES string of the molecule is O=C1CC(Cc2ccccc2)C(=O)N1CCN1CCOCC1. The molecule has 0 bridgehead atoms. The van der Waals surface area contributed by atoms with Gasteiger partial charge in [0.15, 0.2) is 0 Å². The molecule has 0 N–H and O–H groups in total. The van der Waals surface area contributed by atoms with Crippen molar-refractivity contribution < 1.29 is 14.3 Å². The molecule has 2 aliphatic heterocycles. The van der Waals surface area contributed by atoms with E-state index in [1.54, 1.807) is 0 Å². The smallest absolute Gasteiger partial charge is 0.233 e. The van der Waals surface area contributed by atoms with Gasteiger partial charge >= 0.3 is 0 Å². The van der Waals surface area contributed by atoms with Crippen LogP contribution < -0.4 is 0 Å². The van der Waals surface area contributed by atoms with Gasteiger partial charge in [-0.2, -0.15) is 0 Å². The Kier molecular flexibility index (Phi) is 4.85. The first-order valence-electron chi connectivity index (χ1n) is 7.92. The van der Waals surface area contributed by atoms with Gasteiger partial charge in [-0.25, -0.2) is 0 Å². The Morgan fingerprint density at radius 3 is 2.50 bits per heavy atom. The lowest BCUT2D eigenvalue weighted by Crippen LogP contribution is -2.43. The number of carbonyl (C=O) groups is 2. The van der Waals surface area contributed by atoms with Crippen molar-refractivity contribution in [2.24, 2.45) is 5.92 Å². The summed E-state index contributed by atoms with van der Waals surface area (Å²) in [4.78, 5) is 28.3. The Morgan fingerprint density at radius 1 is 1.05 bits per heavy atom. The van der Waals surface area contributed by atoms with Gasteiger partial charge < -0.3 is 4.74 Å². The Bertz CT molecular complexity index is 526. The van der Waals surface area contributed by atoms with Gasteiger partial charge in [0.2, 0.25) is 11.8 Å². The number of hydrogen-bond donors (Lipinski definition) is 0. The quantitative estimate of drug-likeness (QED) is 0.760. The van der Waals surface area contributed by atoms with E-state index in [0.29, 0.717) is 19.4 Å². The second-order valence-electron chi connectivity index (χ2n) is 5.93.